The van der Waals surface area contributed by atoms with E-state index in [0.717, 1.165) is 19.4 Å². The van der Waals surface area contributed by atoms with E-state index in [9.17, 15) is 9.59 Å². The number of fused-ring (bicyclic) bond motifs is 5. The zero-order chi connectivity index (χ0) is 22.5. The normalized spacial score (nSPS) is 27.2. The van der Waals surface area contributed by atoms with Gasteiger partial charge in [-0.3, -0.25) is 19.5 Å². The average Bonchev–Trinajstić information content (AvgIpc) is 3.49. The van der Waals surface area contributed by atoms with E-state index in [1.807, 2.05) is 25.1 Å². The van der Waals surface area contributed by atoms with Crippen molar-refractivity contribution in [3.05, 3.63) is 48.0 Å². The summed E-state index contributed by atoms with van der Waals surface area (Å²) >= 11 is 0. The monoisotopic (exact) mass is 438 g/mol. The van der Waals surface area contributed by atoms with Crippen molar-refractivity contribution in [1.82, 2.24) is 15.5 Å². The van der Waals surface area contributed by atoms with Crippen LogP contribution in [0.4, 0.5) is 0 Å². The summed E-state index contributed by atoms with van der Waals surface area (Å²) in [5.74, 6) is 0.964. The standard InChI is InChI=1S/C25H34N4O3/c1-3-26-25(27-12-7-15-32-17(2)18-8-5-4-6-9-18)28-13-14-29-23(30)21-19-10-11-20(16-19)22(21)24(29)31/h4-6,8-11,17,19-22H,3,7,12-16H2,1-2H3,(H2,26,27,28). The van der Waals surface area contributed by atoms with E-state index < -0.39 is 0 Å². The number of likely N-dealkylation sites (tertiary alicyclic amines) is 1. The van der Waals surface area contributed by atoms with E-state index in [1.165, 1.54) is 10.5 Å². The topological polar surface area (TPSA) is 83.0 Å². The second-order valence-electron chi connectivity index (χ2n) is 8.79. The van der Waals surface area contributed by atoms with Crippen LogP contribution in [-0.4, -0.2) is 55.5 Å². The van der Waals surface area contributed by atoms with E-state index in [4.69, 9.17) is 4.74 Å². The molecule has 7 heteroatoms. The summed E-state index contributed by atoms with van der Waals surface area (Å²) in [5, 5.41) is 6.47. The van der Waals surface area contributed by atoms with Crippen LogP contribution in [0.25, 0.3) is 0 Å². The van der Waals surface area contributed by atoms with Crippen molar-refractivity contribution in [3.8, 4) is 0 Å². The summed E-state index contributed by atoms with van der Waals surface area (Å²) in [6.07, 6.45) is 6.09. The molecule has 32 heavy (non-hydrogen) atoms. The molecule has 2 aliphatic carbocycles. The number of aliphatic imine (C=N–C) groups is 1. The van der Waals surface area contributed by atoms with Crippen LogP contribution in [0, 0.1) is 23.7 Å². The number of benzene rings is 1. The Morgan fingerprint density at radius 2 is 1.81 bits per heavy atom. The number of carbonyl (C=O) groups is 2. The molecule has 0 spiro atoms. The van der Waals surface area contributed by atoms with E-state index >= 15 is 0 Å². The van der Waals surface area contributed by atoms with Gasteiger partial charge in [-0.05, 0) is 44.1 Å². The molecule has 5 atom stereocenters. The van der Waals surface area contributed by atoms with Gasteiger partial charge in [0.1, 0.15) is 0 Å². The SMILES string of the molecule is CCNC(=NCCCOC(C)c1ccccc1)NCCN1C(=O)C2C3C=CC(C3)C2C1=O. The number of amides is 2. The minimum atomic E-state index is -0.127. The first kappa shape index (κ1) is 22.5. The molecule has 1 aromatic carbocycles. The lowest BCUT2D eigenvalue weighted by Gasteiger charge is -2.18. The van der Waals surface area contributed by atoms with Gasteiger partial charge >= 0.3 is 0 Å². The maximum Gasteiger partial charge on any atom is 0.233 e. The summed E-state index contributed by atoms with van der Waals surface area (Å²) < 4.78 is 5.90. The van der Waals surface area contributed by atoms with E-state index in [1.54, 1.807) is 0 Å². The average molecular weight is 439 g/mol. The van der Waals surface area contributed by atoms with Crippen LogP contribution in [0.3, 0.4) is 0 Å². The van der Waals surface area contributed by atoms with E-state index in [0.29, 0.717) is 32.2 Å². The highest BCUT2D eigenvalue weighted by molar-refractivity contribution is 6.06. The molecule has 0 aromatic heterocycles. The number of guanidine groups is 1. The number of hydrogen-bond donors (Lipinski definition) is 2. The number of allylic oxidation sites excluding steroid dienone is 2. The number of ether oxygens (including phenoxy) is 1. The molecule has 1 aromatic rings. The second-order valence-corrected chi connectivity index (χ2v) is 8.79. The lowest BCUT2D eigenvalue weighted by Crippen LogP contribution is -2.43. The van der Waals surface area contributed by atoms with Gasteiger partial charge in [0.15, 0.2) is 5.96 Å². The first-order chi connectivity index (χ1) is 15.6. The van der Waals surface area contributed by atoms with Crippen molar-refractivity contribution in [2.24, 2.45) is 28.7 Å². The van der Waals surface area contributed by atoms with Gasteiger partial charge in [-0.25, -0.2) is 0 Å². The molecular weight excluding hydrogens is 404 g/mol. The number of nitrogens with one attached hydrogen (secondary N) is 2. The van der Waals surface area contributed by atoms with Gasteiger partial charge < -0.3 is 15.4 Å². The molecule has 4 rings (SSSR count). The number of imide groups is 1. The van der Waals surface area contributed by atoms with Crippen LogP contribution in [0.1, 0.15) is 38.4 Å². The summed E-state index contributed by atoms with van der Waals surface area (Å²) in [6, 6.07) is 10.2. The molecule has 1 saturated heterocycles. The predicted octanol–water partition coefficient (Wildman–Crippen LogP) is 2.52. The molecule has 1 heterocycles. The molecule has 1 saturated carbocycles. The Balaban J connectivity index is 1.19. The zero-order valence-corrected chi connectivity index (χ0v) is 19.0. The summed E-state index contributed by atoms with van der Waals surface area (Å²) in [6.45, 7) is 6.96. The Morgan fingerprint density at radius 3 is 2.47 bits per heavy atom. The van der Waals surface area contributed by atoms with Gasteiger partial charge in [0.05, 0.1) is 17.9 Å². The van der Waals surface area contributed by atoms with Gasteiger partial charge in [0.2, 0.25) is 11.8 Å². The molecule has 1 aliphatic heterocycles. The highest BCUT2D eigenvalue weighted by Crippen LogP contribution is 2.52. The smallest absolute Gasteiger partial charge is 0.233 e. The fourth-order valence-corrected chi connectivity index (χ4v) is 5.15. The van der Waals surface area contributed by atoms with Gasteiger partial charge in [0.25, 0.3) is 0 Å². The van der Waals surface area contributed by atoms with Crippen molar-refractivity contribution < 1.29 is 14.3 Å². The predicted molar refractivity (Wildman–Crippen MR) is 124 cm³/mol. The third-order valence-electron chi connectivity index (χ3n) is 6.74. The number of hydrogen-bond acceptors (Lipinski definition) is 4. The lowest BCUT2D eigenvalue weighted by atomic mass is 9.85. The summed E-state index contributed by atoms with van der Waals surface area (Å²) in [4.78, 5) is 31.6. The van der Waals surface area contributed by atoms with Crippen molar-refractivity contribution in [2.45, 2.75) is 32.8 Å². The Morgan fingerprint density at radius 1 is 1.12 bits per heavy atom. The number of nitrogens with zero attached hydrogens (tertiary/aromatic N) is 2. The van der Waals surface area contributed by atoms with Crippen molar-refractivity contribution in [1.29, 1.82) is 0 Å². The summed E-state index contributed by atoms with van der Waals surface area (Å²) in [7, 11) is 0. The Bertz CT molecular complexity index is 839. The molecule has 2 fully saturated rings. The molecule has 2 bridgehead atoms. The van der Waals surface area contributed by atoms with Crippen LogP contribution in [0.2, 0.25) is 0 Å². The van der Waals surface area contributed by atoms with Gasteiger partial charge in [0, 0.05) is 32.8 Å². The maximum absolute atomic E-state index is 12.8. The minimum absolute atomic E-state index is 0.00488. The highest BCUT2D eigenvalue weighted by Gasteiger charge is 2.58. The van der Waals surface area contributed by atoms with Gasteiger partial charge in [-0.15, -0.1) is 0 Å². The Labute approximate surface area is 190 Å². The Hall–Kier alpha value is -2.67. The molecule has 0 radical (unpaired) electrons. The lowest BCUT2D eigenvalue weighted by molar-refractivity contribution is -0.140. The first-order valence-electron chi connectivity index (χ1n) is 11.8. The second kappa shape index (κ2) is 10.3. The zero-order valence-electron chi connectivity index (χ0n) is 19.0. The molecule has 3 aliphatic rings. The quantitative estimate of drug-likeness (QED) is 0.193. The minimum Gasteiger partial charge on any atom is -0.374 e. The van der Waals surface area contributed by atoms with Crippen molar-refractivity contribution >= 4 is 17.8 Å². The molecule has 2 N–H and O–H groups in total. The first-order valence-corrected chi connectivity index (χ1v) is 11.8. The third-order valence-corrected chi connectivity index (χ3v) is 6.74. The highest BCUT2D eigenvalue weighted by atomic mass is 16.5. The number of rotatable bonds is 10. The molecular formula is C25H34N4O3. The molecule has 7 nitrogen and oxygen atoms in total. The third kappa shape index (κ3) is 4.72. The fraction of sp³-hybridized carbons (Fsp3) is 0.560. The van der Waals surface area contributed by atoms with E-state index in [-0.39, 0.29) is 41.6 Å². The van der Waals surface area contributed by atoms with Crippen LogP contribution in [-0.2, 0) is 14.3 Å². The summed E-state index contributed by atoms with van der Waals surface area (Å²) in [5.41, 5.74) is 1.17. The molecule has 172 valence electrons. The number of carbonyl (C=O) groups excluding carboxylic acids is 2. The largest absolute Gasteiger partial charge is 0.374 e. The molecule has 5 unspecified atom stereocenters. The molecule has 2 amide bonds. The maximum atomic E-state index is 12.8. The van der Waals surface area contributed by atoms with Crippen LogP contribution < -0.4 is 10.6 Å². The van der Waals surface area contributed by atoms with E-state index in [2.05, 4.69) is 46.8 Å². The van der Waals surface area contributed by atoms with Crippen LogP contribution in [0.15, 0.2) is 47.5 Å². The van der Waals surface area contributed by atoms with Gasteiger partial charge in [-0.1, -0.05) is 42.5 Å². The van der Waals surface area contributed by atoms with Gasteiger partial charge in [-0.2, -0.15) is 0 Å². The van der Waals surface area contributed by atoms with Crippen LogP contribution in [0.5, 0.6) is 0 Å². The Kier molecular flexibility index (Phi) is 7.25. The van der Waals surface area contributed by atoms with Crippen LogP contribution >= 0.6 is 0 Å². The fourth-order valence-electron chi connectivity index (χ4n) is 5.15. The van der Waals surface area contributed by atoms with Crippen molar-refractivity contribution in [2.75, 3.05) is 32.8 Å². The van der Waals surface area contributed by atoms with Crippen molar-refractivity contribution in [3.63, 3.8) is 0 Å².